The van der Waals surface area contributed by atoms with Crippen LogP contribution >= 0.6 is 15.9 Å². The molecule has 3 aromatic rings. The fourth-order valence-electron chi connectivity index (χ4n) is 5.92. The Hall–Kier alpha value is -3.18. The van der Waals surface area contributed by atoms with Gasteiger partial charge < -0.3 is 25.2 Å². The van der Waals surface area contributed by atoms with Gasteiger partial charge in [-0.1, -0.05) is 0 Å². The quantitative estimate of drug-likeness (QED) is 0.368. The maximum Gasteiger partial charge on any atom is 0.407 e. The molecule has 1 amide bonds. The van der Waals surface area contributed by atoms with E-state index in [1.807, 2.05) is 32.3 Å². The Morgan fingerprint density at radius 1 is 1.07 bits per heavy atom. The Morgan fingerprint density at radius 2 is 1.76 bits per heavy atom. The number of likely N-dealkylation sites (N-methyl/N-ethyl adjacent to an activating group) is 1. The number of alkyl carbamates (subject to hydrolysis) is 1. The lowest BCUT2D eigenvalue weighted by Gasteiger charge is -2.35. The molecule has 1 aliphatic heterocycles. The van der Waals surface area contributed by atoms with Crippen molar-refractivity contribution in [3.8, 4) is 0 Å². The van der Waals surface area contributed by atoms with E-state index in [0.717, 1.165) is 68.5 Å². The van der Waals surface area contributed by atoms with Crippen LogP contribution in [0.2, 0.25) is 0 Å². The maximum absolute atomic E-state index is 13.6. The number of nitrogens with zero attached hydrogens (tertiary/aromatic N) is 5. The van der Waals surface area contributed by atoms with Crippen molar-refractivity contribution in [1.82, 2.24) is 24.8 Å². The number of amides is 1. The van der Waals surface area contributed by atoms with Crippen molar-refractivity contribution in [2.24, 2.45) is 0 Å². The molecule has 10 nitrogen and oxygen atoms in total. The second-order valence-electron chi connectivity index (χ2n) is 12.6. The van der Waals surface area contributed by atoms with Crippen LogP contribution < -0.4 is 21.1 Å². The summed E-state index contributed by atoms with van der Waals surface area (Å²) in [6.07, 6.45) is 4.37. The number of pyridine rings is 1. The van der Waals surface area contributed by atoms with E-state index in [9.17, 15) is 9.59 Å². The molecular formula is C31H42BrN7O3. The molecule has 0 atom stereocenters. The molecule has 2 aromatic heterocycles. The summed E-state index contributed by atoms with van der Waals surface area (Å²) in [4.78, 5) is 40.1. The molecule has 2 aliphatic rings. The van der Waals surface area contributed by atoms with E-state index in [0.29, 0.717) is 16.1 Å². The standard InChI is InChI=1S/C31H42BrN7O3/c1-19-17-22(9-12-25(19)38-15-13-37(6)14-16-38)34-29-33-18-24-20(2)26(32)28(40)39(27(24)36-29)23-10-7-21(8-11-23)35-30(41)42-31(3,4)5/h9,12,17-18,21,23H,7-8,10-11,13-16H2,1-6H3,(H,35,41)(H,33,34,36). The number of fused-ring (bicyclic) bond motifs is 1. The maximum atomic E-state index is 13.6. The lowest BCUT2D eigenvalue weighted by atomic mass is 9.90. The van der Waals surface area contributed by atoms with Gasteiger partial charge in [0.1, 0.15) is 11.2 Å². The highest BCUT2D eigenvalue weighted by Crippen LogP contribution is 2.33. The molecule has 1 aliphatic carbocycles. The highest BCUT2D eigenvalue weighted by atomic mass is 79.9. The second kappa shape index (κ2) is 12.2. The van der Waals surface area contributed by atoms with Gasteiger partial charge in [-0.05, 0) is 113 Å². The molecule has 3 heterocycles. The van der Waals surface area contributed by atoms with Gasteiger partial charge in [0.05, 0.1) is 4.47 Å². The fraction of sp³-hybridized carbons (Fsp3) is 0.548. The lowest BCUT2D eigenvalue weighted by molar-refractivity contribution is 0.0488. The predicted octanol–water partition coefficient (Wildman–Crippen LogP) is 5.67. The molecule has 1 saturated heterocycles. The van der Waals surface area contributed by atoms with Crippen molar-refractivity contribution in [2.75, 3.05) is 43.4 Å². The van der Waals surface area contributed by atoms with E-state index in [2.05, 4.69) is 73.5 Å². The van der Waals surface area contributed by atoms with Gasteiger partial charge in [0.25, 0.3) is 5.56 Å². The van der Waals surface area contributed by atoms with E-state index < -0.39 is 11.7 Å². The van der Waals surface area contributed by atoms with Crippen molar-refractivity contribution in [3.05, 3.63) is 50.3 Å². The van der Waals surface area contributed by atoms with Crippen LogP contribution in [0.15, 0.2) is 33.7 Å². The highest BCUT2D eigenvalue weighted by Gasteiger charge is 2.28. The third kappa shape index (κ3) is 6.72. The summed E-state index contributed by atoms with van der Waals surface area (Å²) in [5.41, 5.74) is 4.15. The van der Waals surface area contributed by atoms with Gasteiger partial charge in [-0.2, -0.15) is 4.98 Å². The van der Waals surface area contributed by atoms with Gasteiger partial charge in [-0.15, -0.1) is 0 Å². The zero-order chi connectivity index (χ0) is 30.2. The van der Waals surface area contributed by atoms with Gasteiger partial charge in [-0.3, -0.25) is 9.36 Å². The number of carbonyl (C=O) groups excluding carboxylic acids is 1. The van der Waals surface area contributed by atoms with E-state index in [-0.39, 0.29) is 17.6 Å². The number of carbonyl (C=O) groups is 1. The van der Waals surface area contributed by atoms with Crippen LogP contribution in [-0.4, -0.2) is 70.4 Å². The minimum Gasteiger partial charge on any atom is -0.444 e. The first-order valence-electron chi connectivity index (χ1n) is 14.8. The molecule has 2 N–H and O–H groups in total. The van der Waals surface area contributed by atoms with Gasteiger partial charge in [0, 0.05) is 61.2 Å². The minimum absolute atomic E-state index is 0.0101. The van der Waals surface area contributed by atoms with Crippen LogP contribution in [0, 0.1) is 13.8 Å². The van der Waals surface area contributed by atoms with Gasteiger partial charge >= 0.3 is 6.09 Å². The summed E-state index contributed by atoms with van der Waals surface area (Å²) in [5, 5.41) is 7.19. The Bertz CT molecular complexity index is 1520. The number of halogens is 1. The third-order valence-corrected chi connectivity index (χ3v) is 9.15. The summed E-state index contributed by atoms with van der Waals surface area (Å²) in [6.45, 7) is 13.8. The van der Waals surface area contributed by atoms with Crippen LogP contribution in [0.3, 0.4) is 0 Å². The lowest BCUT2D eigenvalue weighted by Crippen LogP contribution is -2.44. The van der Waals surface area contributed by atoms with Crippen LogP contribution in [0.25, 0.3) is 11.0 Å². The van der Waals surface area contributed by atoms with Crippen LogP contribution in [0.4, 0.5) is 22.1 Å². The number of nitrogens with one attached hydrogen (secondary N) is 2. The van der Waals surface area contributed by atoms with Crippen molar-refractivity contribution < 1.29 is 9.53 Å². The average Bonchev–Trinajstić information content (AvgIpc) is 2.92. The Morgan fingerprint density at radius 3 is 2.40 bits per heavy atom. The first-order chi connectivity index (χ1) is 19.9. The predicted molar refractivity (Wildman–Crippen MR) is 171 cm³/mol. The molecule has 11 heteroatoms. The van der Waals surface area contributed by atoms with Crippen LogP contribution in [0.5, 0.6) is 0 Å². The average molecular weight is 641 g/mol. The third-order valence-electron chi connectivity index (χ3n) is 8.22. The Labute approximate surface area is 256 Å². The zero-order valence-corrected chi connectivity index (χ0v) is 27.0. The molecular weight excluding hydrogens is 598 g/mol. The molecule has 0 bridgehead atoms. The molecule has 0 spiro atoms. The first-order valence-corrected chi connectivity index (χ1v) is 15.6. The molecule has 0 unspecified atom stereocenters. The fourth-order valence-corrected chi connectivity index (χ4v) is 6.32. The smallest absolute Gasteiger partial charge is 0.407 e. The molecule has 2 fully saturated rings. The molecule has 1 saturated carbocycles. The van der Waals surface area contributed by atoms with Crippen molar-refractivity contribution in [3.63, 3.8) is 0 Å². The second-order valence-corrected chi connectivity index (χ2v) is 13.4. The van der Waals surface area contributed by atoms with Crippen LogP contribution in [-0.2, 0) is 4.74 Å². The van der Waals surface area contributed by atoms with Crippen molar-refractivity contribution >= 4 is 50.4 Å². The molecule has 5 rings (SSSR count). The molecule has 42 heavy (non-hydrogen) atoms. The molecule has 226 valence electrons. The normalized spacial score (nSPS) is 20.0. The Balaban J connectivity index is 1.36. The number of ether oxygens (including phenoxy) is 1. The topological polar surface area (TPSA) is 105 Å². The number of rotatable bonds is 5. The summed E-state index contributed by atoms with van der Waals surface area (Å²) in [5.74, 6) is 0.449. The monoisotopic (exact) mass is 639 g/mol. The molecule has 1 aromatic carbocycles. The first kappa shape index (κ1) is 30.3. The summed E-state index contributed by atoms with van der Waals surface area (Å²) < 4.78 is 7.77. The van der Waals surface area contributed by atoms with E-state index in [1.165, 1.54) is 11.3 Å². The number of aryl methyl sites for hydroxylation is 2. The Kier molecular flexibility index (Phi) is 8.80. The summed E-state index contributed by atoms with van der Waals surface area (Å²) in [7, 11) is 2.16. The van der Waals surface area contributed by atoms with Crippen LogP contribution in [0.1, 0.15) is 63.6 Å². The number of hydrogen-bond acceptors (Lipinski definition) is 8. The zero-order valence-electron chi connectivity index (χ0n) is 25.5. The van der Waals surface area contributed by atoms with Gasteiger partial charge in [0.15, 0.2) is 0 Å². The van der Waals surface area contributed by atoms with Crippen molar-refractivity contribution in [2.45, 2.75) is 78.0 Å². The van der Waals surface area contributed by atoms with Crippen molar-refractivity contribution in [1.29, 1.82) is 0 Å². The van der Waals surface area contributed by atoms with Gasteiger partial charge in [0.2, 0.25) is 5.95 Å². The number of benzene rings is 1. The van der Waals surface area contributed by atoms with E-state index in [1.54, 1.807) is 6.20 Å². The highest BCUT2D eigenvalue weighted by molar-refractivity contribution is 9.10. The number of anilines is 3. The van der Waals surface area contributed by atoms with Gasteiger partial charge in [-0.25, -0.2) is 9.78 Å². The SMILES string of the molecule is Cc1cc(Nc2ncc3c(C)c(Br)c(=O)n(C4CCC(NC(=O)OC(C)(C)C)CC4)c3n2)ccc1N1CCN(C)CC1. The van der Waals surface area contributed by atoms with E-state index >= 15 is 0 Å². The number of piperazine rings is 1. The number of hydrogen-bond donors (Lipinski definition) is 2. The largest absolute Gasteiger partial charge is 0.444 e. The number of aromatic nitrogens is 3. The summed E-state index contributed by atoms with van der Waals surface area (Å²) in [6, 6.07) is 6.32. The minimum atomic E-state index is -0.543. The van der Waals surface area contributed by atoms with E-state index in [4.69, 9.17) is 9.72 Å². The molecule has 0 radical (unpaired) electrons. The summed E-state index contributed by atoms with van der Waals surface area (Å²) >= 11 is 3.53.